The van der Waals surface area contributed by atoms with E-state index in [0.717, 1.165) is 43.0 Å². The lowest BCUT2D eigenvalue weighted by Gasteiger charge is -2.20. The molecule has 0 aliphatic carbocycles. The number of aromatic nitrogens is 2. The maximum Gasteiger partial charge on any atom is 0.325 e. The first-order valence-electron chi connectivity index (χ1n) is 7.64. The zero-order valence-corrected chi connectivity index (χ0v) is 13.3. The van der Waals surface area contributed by atoms with Crippen LogP contribution in [0.5, 0.6) is 0 Å². The Morgan fingerprint density at radius 2 is 2.14 bits per heavy atom. The van der Waals surface area contributed by atoms with Crippen LogP contribution in [0.3, 0.4) is 0 Å². The molecule has 1 aromatic heterocycles. The van der Waals surface area contributed by atoms with Gasteiger partial charge in [-0.25, -0.2) is 9.78 Å². The molecule has 1 unspecified atom stereocenters. The molecule has 3 amide bonds. The molecule has 3 heterocycles. The molecule has 2 aliphatic heterocycles. The molecule has 3 rings (SSSR count). The summed E-state index contributed by atoms with van der Waals surface area (Å²) in [5.74, 6) is 0.700. The number of ether oxygens (including phenoxy) is 1. The summed E-state index contributed by atoms with van der Waals surface area (Å²) in [5.41, 5.74) is 1.01. The predicted octanol–water partition coefficient (Wildman–Crippen LogP) is 0.985. The highest BCUT2D eigenvalue weighted by atomic mass is 16.5. The quantitative estimate of drug-likeness (QED) is 0.842. The largest absolute Gasteiger partial charge is 0.382 e. The van der Waals surface area contributed by atoms with Crippen molar-refractivity contribution in [2.75, 3.05) is 13.7 Å². The van der Waals surface area contributed by atoms with Gasteiger partial charge in [0.05, 0.1) is 18.8 Å². The van der Waals surface area contributed by atoms with E-state index >= 15 is 0 Å². The van der Waals surface area contributed by atoms with Crippen LogP contribution in [0.4, 0.5) is 4.79 Å². The lowest BCUT2D eigenvalue weighted by atomic mass is 10.0. The Morgan fingerprint density at radius 1 is 1.36 bits per heavy atom. The van der Waals surface area contributed by atoms with Crippen LogP contribution in [-0.4, -0.2) is 45.6 Å². The number of aryl methyl sites for hydroxylation is 1. The number of nitrogens with zero attached hydrogens (tertiary/aromatic N) is 3. The average Bonchev–Trinajstić information content (AvgIpc) is 2.90. The van der Waals surface area contributed by atoms with Gasteiger partial charge in [-0.3, -0.25) is 9.69 Å². The summed E-state index contributed by atoms with van der Waals surface area (Å²) in [6.07, 6.45) is 3.23. The molecule has 0 bridgehead atoms. The van der Waals surface area contributed by atoms with Gasteiger partial charge < -0.3 is 14.6 Å². The minimum atomic E-state index is -0.985. The summed E-state index contributed by atoms with van der Waals surface area (Å²) in [7, 11) is 1.52. The van der Waals surface area contributed by atoms with E-state index in [2.05, 4.69) is 14.9 Å². The monoisotopic (exact) mass is 306 g/mol. The molecule has 1 fully saturated rings. The van der Waals surface area contributed by atoms with E-state index in [9.17, 15) is 9.59 Å². The van der Waals surface area contributed by atoms with Crippen LogP contribution in [0.25, 0.3) is 0 Å². The predicted molar refractivity (Wildman–Crippen MR) is 79.3 cm³/mol. The van der Waals surface area contributed by atoms with Crippen LogP contribution in [-0.2, 0) is 29.0 Å². The fourth-order valence-corrected chi connectivity index (χ4v) is 3.36. The highest BCUT2D eigenvalue weighted by Crippen LogP contribution is 2.25. The second-order valence-corrected chi connectivity index (χ2v) is 6.25. The molecule has 7 nitrogen and oxygen atoms in total. The van der Waals surface area contributed by atoms with Crippen LogP contribution in [0.1, 0.15) is 37.0 Å². The standard InChI is InChI=1S/C15H22N4O3/c1-10-16-11(12-6-4-5-7-18(10)12)8-19-13(20)15(2,9-22-3)17-14(19)21/h4-9H2,1-3H3,(H,17,21). The topological polar surface area (TPSA) is 76.5 Å². The third kappa shape index (κ3) is 2.29. The fourth-order valence-electron chi connectivity index (χ4n) is 3.36. The molecule has 2 aliphatic rings. The second kappa shape index (κ2) is 5.39. The molecule has 1 N–H and O–H groups in total. The van der Waals surface area contributed by atoms with Crippen LogP contribution < -0.4 is 5.32 Å². The molecule has 1 atom stereocenters. The molecule has 0 aromatic carbocycles. The summed E-state index contributed by atoms with van der Waals surface area (Å²) >= 11 is 0. The number of imide groups is 1. The van der Waals surface area contributed by atoms with Gasteiger partial charge in [0.2, 0.25) is 0 Å². The van der Waals surface area contributed by atoms with E-state index in [1.807, 2.05) is 6.92 Å². The van der Waals surface area contributed by atoms with Crippen LogP contribution in [0.15, 0.2) is 0 Å². The molecule has 1 saturated heterocycles. The van der Waals surface area contributed by atoms with Crippen molar-refractivity contribution in [2.24, 2.45) is 0 Å². The van der Waals surface area contributed by atoms with Gasteiger partial charge in [-0.15, -0.1) is 0 Å². The smallest absolute Gasteiger partial charge is 0.325 e. The SMILES string of the molecule is COCC1(C)NC(=O)N(Cc2nc(C)n3c2CCCC3)C1=O. The van der Waals surface area contributed by atoms with Crippen molar-refractivity contribution in [3.8, 4) is 0 Å². The van der Waals surface area contributed by atoms with Gasteiger partial charge in [0.1, 0.15) is 11.4 Å². The average molecular weight is 306 g/mol. The van der Waals surface area contributed by atoms with E-state index in [1.165, 1.54) is 12.0 Å². The minimum Gasteiger partial charge on any atom is -0.382 e. The third-order valence-electron chi connectivity index (χ3n) is 4.48. The molecule has 7 heteroatoms. The highest BCUT2D eigenvalue weighted by molar-refractivity contribution is 6.06. The van der Waals surface area contributed by atoms with Gasteiger partial charge in [-0.05, 0) is 33.1 Å². The summed E-state index contributed by atoms with van der Waals surface area (Å²) in [6, 6.07) is -0.375. The van der Waals surface area contributed by atoms with E-state index in [1.54, 1.807) is 6.92 Å². The van der Waals surface area contributed by atoms with Crippen molar-refractivity contribution in [3.05, 3.63) is 17.2 Å². The number of carbonyl (C=O) groups is 2. The van der Waals surface area contributed by atoms with E-state index in [4.69, 9.17) is 4.74 Å². The second-order valence-electron chi connectivity index (χ2n) is 6.25. The number of hydrogen-bond acceptors (Lipinski definition) is 4. The Balaban J connectivity index is 1.85. The van der Waals surface area contributed by atoms with Crippen molar-refractivity contribution >= 4 is 11.9 Å². The molecule has 0 saturated carbocycles. The summed E-state index contributed by atoms with van der Waals surface area (Å²) < 4.78 is 7.26. The summed E-state index contributed by atoms with van der Waals surface area (Å²) in [6.45, 7) is 5.01. The lowest BCUT2D eigenvalue weighted by Crippen LogP contribution is -2.47. The maximum absolute atomic E-state index is 12.5. The number of nitrogens with one attached hydrogen (secondary N) is 1. The molecular weight excluding hydrogens is 284 g/mol. The number of carbonyl (C=O) groups excluding carboxylic acids is 2. The number of amides is 3. The van der Waals surface area contributed by atoms with E-state index < -0.39 is 5.54 Å². The molecule has 1 aromatic rings. The zero-order chi connectivity index (χ0) is 15.9. The first-order chi connectivity index (χ1) is 10.5. The number of methoxy groups -OCH3 is 1. The first kappa shape index (κ1) is 15.0. The van der Waals surface area contributed by atoms with Crippen LogP contribution >= 0.6 is 0 Å². The van der Waals surface area contributed by atoms with Gasteiger partial charge in [-0.1, -0.05) is 0 Å². The van der Waals surface area contributed by atoms with E-state index in [-0.39, 0.29) is 25.1 Å². The normalized spacial score (nSPS) is 24.6. The van der Waals surface area contributed by atoms with Gasteiger partial charge in [0, 0.05) is 19.3 Å². The van der Waals surface area contributed by atoms with Crippen LogP contribution in [0.2, 0.25) is 0 Å². The third-order valence-corrected chi connectivity index (χ3v) is 4.48. The minimum absolute atomic E-state index is 0.161. The molecule has 22 heavy (non-hydrogen) atoms. The molecular formula is C15H22N4O3. The first-order valence-corrected chi connectivity index (χ1v) is 7.64. The Hall–Kier alpha value is -1.89. The van der Waals surface area contributed by atoms with Gasteiger partial charge in [0.15, 0.2) is 0 Å². The Kier molecular flexibility index (Phi) is 3.68. The summed E-state index contributed by atoms with van der Waals surface area (Å²) in [4.78, 5) is 30.5. The van der Waals surface area contributed by atoms with Crippen LogP contribution in [0, 0.1) is 6.92 Å². The lowest BCUT2D eigenvalue weighted by molar-refractivity contribution is -0.132. The fraction of sp³-hybridized carbons (Fsp3) is 0.667. The highest BCUT2D eigenvalue weighted by Gasteiger charge is 2.48. The number of urea groups is 1. The maximum atomic E-state index is 12.5. The van der Waals surface area contributed by atoms with Crippen molar-refractivity contribution in [1.82, 2.24) is 19.8 Å². The van der Waals surface area contributed by atoms with Gasteiger partial charge in [-0.2, -0.15) is 0 Å². The Bertz CT molecular complexity index is 625. The van der Waals surface area contributed by atoms with Crippen molar-refractivity contribution < 1.29 is 14.3 Å². The molecule has 120 valence electrons. The van der Waals surface area contributed by atoms with Gasteiger partial charge in [0.25, 0.3) is 5.91 Å². The Morgan fingerprint density at radius 3 is 2.86 bits per heavy atom. The summed E-state index contributed by atoms with van der Waals surface area (Å²) in [5, 5.41) is 2.72. The number of rotatable bonds is 4. The molecule has 0 spiro atoms. The Labute approximate surface area is 129 Å². The zero-order valence-electron chi connectivity index (χ0n) is 13.3. The number of imidazole rings is 1. The number of hydrogen-bond donors (Lipinski definition) is 1. The van der Waals surface area contributed by atoms with Crippen molar-refractivity contribution in [2.45, 2.75) is 51.7 Å². The molecule has 0 radical (unpaired) electrons. The van der Waals surface area contributed by atoms with E-state index in [0.29, 0.717) is 0 Å². The van der Waals surface area contributed by atoms with Gasteiger partial charge >= 0.3 is 6.03 Å². The number of fused-ring (bicyclic) bond motifs is 1. The van der Waals surface area contributed by atoms with Crippen molar-refractivity contribution in [3.63, 3.8) is 0 Å². The van der Waals surface area contributed by atoms with Crippen molar-refractivity contribution in [1.29, 1.82) is 0 Å².